The number of carboxylic acid groups (broad SMARTS) is 1. The van der Waals surface area contributed by atoms with E-state index < -0.39 is 47.8 Å². The molecule has 0 spiro atoms. The second-order valence-electron chi connectivity index (χ2n) is 8.56. The zero-order valence-electron chi connectivity index (χ0n) is 18.5. The normalized spacial score (nSPS) is 27.1. The van der Waals surface area contributed by atoms with E-state index in [-0.39, 0.29) is 0 Å². The van der Waals surface area contributed by atoms with Crippen molar-refractivity contribution in [3.05, 3.63) is 64.7 Å². The molecule has 3 N–H and O–H groups in total. The summed E-state index contributed by atoms with van der Waals surface area (Å²) in [6.07, 6.45) is 1.25. The standard InChI is InChI=1S/C25H28N2O5/c1-4-15-10-8-11-16(5-2)21(15)27-22(29)18-19(23(27)30)25(13-28,24(31)32)26-20(18)17-12-7-6-9-14(17)3/h6-12,18-20,26,28H,4-5,13H2,1-3H3,(H,31,32). The molecule has 4 rings (SSSR count). The van der Waals surface area contributed by atoms with Gasteiger partial charge in [0.05, 0.1) is 24.1 Å². The third-order valence-electron chi connectivity index (χ3n) is 7.00. The number of aryl methyl sites for hydroxylation is 3. The molecule has 2 fully saturated rings. The van der Waals surface area contributed by atoms with E-state index in [4.69, 9.17) is 0 Å². The average molecular weight is 437 g/mol. The lowest BCUT2D eigenvalue weighted by atomic mass is 9.79. The third kappa shape index (κ3) is 2.99. The van der Waals surface area contributed by atoms with Crippen molar-refractivity contribution in [3.8, 4) is 0 Å². The van der Waals surface area contributed by atoms with Gasteiger partial charge < -0.3 is 10.2 Å². The number of rotatable bonds is 6. The summed E-state index contributed by atoms with van der Waals surface area (Å²) in [6.45, 7) is 5.00. The van der Waals surface area contributed by atoms with E-state index in [1.165, 1.54) is 4.90 Å². The summed E-state index contributed by atoms with van der Waals surface area (Å²) in [5.74, 6) is -4.48. The Morgan fingerprint density at radius 3 is 2.19 bits per heavy atom. The molecule has 4 unspecified atom stereocenters. The molecule has 168 valence electrons. The van der Waals surface area contributed by atoms with Crippen molar-refractivity contribution in [2.24, 2.45) is 11.8 Å². The maximum absolute atomic E-state index is 13.8. The van der Waals surface area contributed by atoms with Gasteiger partial charge in [-0.3, -0.25) is 19.7 Å². The highest BCUT2D eigenvalue weighted by atomic mass is 16.4. The Morgan fingerprint density at radius 2 is 1.66 bits per heavy atom. The van der Waals surface area contributed by atoms with Crippen LogP contribution < -0.4 is 10.2 Å². The Hall–Kier alpha value is -3.03. The van der Waals surface area contributed by atoms with Gasteiger partial charge >= 0.3 is 5.97 Å². The Bertz CT molecular complexity index is 1080. The molecule has 2 aromatic carbocycles. The van der Waals surface area contributed by atoms with Crippen molar-refractivity contribution in [2.75, 3.05) is 11.5 Å². The van der Waals surface area contributed by atoms with Crippen molar-refractivity contribution < 1.29 is 24.6 Å². The van der Waals surface area contributed by atoms with Crippen molar-refractivity contribution in [1.82, 2.24) is 5.32 Å². The van der Waals surface area contributed by atoms with Crippen LogP contribution in [0, 0.1) is 18.8 Å². The van der Waals surface area contributed by atoms with E-state index in [0.29, 0.717) is 18.5 Å². The lowest BCUT2D eigenvalue weighted by Gasteiger charge is -2.30. The summed E-state index contributed by atoms with van der Waals surface area (Å²) in [6, 6.07) is 12.4. The van der Waals surface area contributed by atoms with Crippen LogP contribution in [-0.2, 0) is 27.2 Å². The number of nitrogens with one attached hydrogen (secondary N) is 1. The molecule has 2 aliphatic heterocycles. The van der Waals surface area contributed by atoms with Crippen LogP contribution in [0.4, 0.5) is 5.69 Å². The van der Waals surface area contributed by atoms with Gasteiger partial charge in [-0.05, 0) is 42.0 Å². The first-order valence-electron chi connectivity index (χ1n) is 11.0. The van der Waals surface area contributed by atoms with E-state index in [9.17, 15) is 24.6 Å². The van der Waals surface area contributed by atoms with Crippen molar-refractivity contribution in [1.29, 1.82) is 0 Å². The summed E-state index contributed by atoms with van der Waals surface area (Å²) >= 11 is 0. The van der Waals surface area contributed by atoms with Crippen LogP contribution in [0.2, 0.25) is 0 Å². The monoisotopic (exact) mass is 436 g/mol. The molecule has 0 bridgehead atoms. The highest BCUT2D eigenvalue weighted by molar-refractivity contribution is 6.25. The highest BCUT2D eigenvalue weighted by Gasteiger charge is 2.69. The maximum Gasteiger partial charge on any atom is 0.327 e. The number of hydrogen-bond acceptors (Lipinski definition) is 5. The molecule has 7 heteroatoms. The fraction of sp³-hybridized carbons (Fsp3) is 0.400. The number of para-hydroxylation sites is 1. The summed E-state index contributed by atoms with van der Waals surface area (Å²) in [5.41, 5.74) is 1.97. The quantitative estimate of drug-likeness (QED) is 0.601. The number of carbonyl (C=O) groups excluding carboxylic acids is 2. The zero-order chi connectivity index (χ0) is 23.2. The fourth-order valence-electron chi connectivity index (χ4n) is 5.34. The van der Waals surface area contributed by atoms with Crippen LogP contribution in [0.5, 0.6) is 0 Å². The van der Waals surface area contributed by atoms with E-state index in [1.54, 1.807) is 0 Å². The predicted octanol–water partition coefficient (Wildman–Crippen LogP) is 2.39. The van der Waals surface area contributed by atoms with Gasteiger partial charge in [-0.15, -0.1) is 0 Å². The Morgan fingerprint density at radius 1 is 1.03 bits per heavy atom. The highest BCUT2D eigenvalue weighted by Crippen LogP contribution is 2.51. The van der Waals surface area contributed by atoms with Gasteiger partial charge in [0.1, 0.15) is 0 Å². The number of benzene rings is 2. The number of carbonyl (C=O) groups is 3. The number of carboxylic acids is 1. The second kappa shape index (κ2) is 8.15. The number of amides is 2. The number of nitrogens with zero attached hydrogens (tertiary/aromatic N) is 1. The second-order valence-corrected chi connectivity index (χ2v) is 8.56. The van der Waals surface area contributed by atoms with Crippen LogP contribution in [0.1, 0.15) is 42.1 Å². The van der Waals surface area contributed by atoms with Gasteiger partial charge in [-0.2, -0.15) is 0 Å². The lowest BCUT2D eigenvalue weighted by molar-refractivity contribution is -0.150. The van der Waals surface area contributed by atoms with Gasteiger partial charge in [0, 0.05) is 6.04 Å². The fourth-order valence-corrected chi connectivity index (χ4v) is 5.34. The molecule has 2 aromatic rings. The number of hydrogen-bond donors (Lipinski definition) is 3. The number of aliphatic hydroxyl groups excluding tert-OH is 1. The van der Waals surface area contributed by atoms with Gasteiger partial charge in [0.15, 0.2) is 5.54 Å². The van der Waals surface area contributed by atoms with Gasteiger partial charge in [-0.25, -0.2) is 4.90 Å². The molecular weight excluding hydrogens is 408 g/mol. The predicted molar refractivity (Wildman–Crippen MR) is 119 cm³/mol. The average Bonchev–Trinajstić information content (AvgIpc) is 3.27. The van der Waals surface area contributed by atoms with Crippen molar-refractivity contribution in [3.63, 3.8) is 0 Å². The van der Waals surface area contributed by atoms with Gasteiger partial charge in [-0.1, -0.05) is 56.3 Å². The first kappa shape index (κ1) is 22.2. The minimum absolute atomic E-state index is 0.423. The van der Waals surface area contributed by atoms with E-state index in [0.717, 1.165) is 22.3 Å². The Balaban J connectivity index is 1.92. The van der Waals surface area contributed by atoms with E-state index in [1.807, 2.05) is 63.2 Å². The molecule has 4 atom stereocenters. The van der Waals surface area contributed by atoms with E-state index in [2.05, 4.69) is 5.32 Å². The Labute approximate surface area is 187 Å². The smallest absolute Gasteiger partial charge is 0.327 e. The first-order chi connectivity index (χ1) is 15.3. The summed E-state index contributed by atoms with van der Waals surface area (Å²) in [4.78, 5) is 41.2. The summed E-state index contributed by atoms with van der Waals surface area (Å²) in [5, 5.41) is 23.3. The summed E-state index contributed by atoms with van der Waals surface area (Å²) in [7, 11) is 0. The topological polar surface area (TPSA) is 107 Å². The van der Waals surface area contributed by atoms with Crippen LogP contribution in [0.15, 0.2) is 42.5 Å². The summed E-state index contributed by atoms with van der Waals surface area (Å²) < 4.78 is 0. The molecule has 0 aliphatic carbocycles. The Kier molecular flexibility index (Phi) is 5.65. The zero-order valence-corrected chi connectivity index (χ0v) is 18.5. The van der Waals surface area contributed by atoms with Crippen molar-refractivity contribution in [2.45, 2.75) is 45.2 Å². The molecule has 2 saturated heterocycles. The van der Waals surface area contributed by atoms with Crippen LogP contribution in [0.25, 0.3) is 0 Å². The molecule has 2 amide bonds. The lowest BCUT2D eigenvalue weighted by Crippen LogP contribution is -2.58. The van der Waals surface area contributed by atoms with Crippen LogP contribution in [-0.4, -0.2) is 40.1 Å². The number of aliphatic carboxylic acids is 1. The molecule has 32 heavy (non-hydrogen) atoms. The van der Waals surface area contributed by atoms with E-state index >= 15 is 0 Å². The molecule has 0 saturated carbocycles. The number of fused-ring (bicyclic) bond motifs is 1. The molecule has 0 radical (unpaired) electrons. The molecule has 0 aromatic heterocycles. The number of imide groups is 1. The SMILES string of the molecule is CCc1cccc(CC)c1N1C(=O)C2C(c3ccccc3C)NC(CO)(C(=O)O)C2C1=O. The minimum atomic E-state index is -1.94. The largest absolute Gasteiger partial charge is 0.480 e. The molecule has 7 nitrogen and oxygen atoms in total. The first-order valence-corrected chi connectivity index (χ1v) is 11.0. The molecule has 2 heterocycles. The van der Waals surface area contributed by atoms with Crippen LogP contribution >= 0.6 is 0 Å². The third-order valence-corrected chi connectivity index (χ3v) is 7.00. The van der Waals surface area contributed by atoms with Crippen molar-refractivity contribution >= 4 is 23.5 Å². The van der Waals surface area contributed by atoms with Gasteiger partial charge in [0.2, 0.25) is 11.8 Å². The minimum Gasteiger partial charge on any atom is -0.480 e. The maximum atomic E-state index is 13.8. The molecule has 2 aliphatic rings. The van der Waals surface area contributed by atoms with Crippen LogP contribution in [0.3, 0.4) is 0 Å². The number of aliphatic hydroxyl groups is 1. The van der Waals surface area contributed by atoms with Gasteiger partial charge in [0.25, 0.3) is 0 Å². The number of anilines is 1. The molecular formula is C25H28N2O5.